The predicted molar refractivity (Wildman–Crippen MR) is 79.4 cm³/mol. The standard InChI is InChI=1S/C13H27N3O3S/c1-4-5-6-9-14-13(17)12-8-7-10-16(11-12)20(18,19)15(2)3/h12H,4-11H2,1-3H3,(H,14,17)/t12-/m1/s1. The van der Waals surface area contributed by atoms with Crippen LogP contribution in [-0.2, 0) is 15.0 Å². The molecule has 1 N–H and O–H groups in total. The summed E-state index contributed by atoms with van der Waals surface area (Å²) in [7, 11) is -0.374. The molecule has 1 aliphatic rings. The molecule has 0 unspecified atom stereocenters. The summed E-state index contributed by atoms with van der Waals surface area (Å²) in [6.07, 6.45) is 4.70. The van der Waals surface area contributed by atoms with Crippen molar-refractivity contribution in [1.29, 1.82) is 0 Å². The first-order valence-electron chi connectivity index (χ1n) is 7.35. The smallest absolute Gasteiger partial charge is 0.281 e. The fraction of sp³-hybridized carbons (Fsp3) is 0.923. The van der Waals surface area contributed by atoms with E-state index in [2.05, 4.69) is 12.2 Å². The van der Waals surface area contributed by atoms with Crippen molar-refractivity contribution in [2.75, 3.05) is 33.7 Å². The highest BCUT2D eigenvalue weighted by Gasteiger charge is 2.33. The fourth-order valence-corrected chi connectivity index (χ4v) is 3.52. The van der Waals surface area contributed by atoms with Crippen LogP contribution in [-0.4, -0.2) is 56.7 Å². The maximum Gasteiger partial charge on any atom is 0.281 e. The van der Waals surface area contributed by atoms with Crippen LogP contribution < -0.4 is 5.32 Å². The summed E-state index contributed by atoms with van der Waals surface area (Å²) in [5.41, 5.74) is 0. The number of carbonyl (C=O) groups excluding carboxylic acids is 1. The van der Waals surface area contributed by atoms with Crippen molar-refractivity contribution in [1.82, 2.24) is 13.9 Å². The number of unbranched alkanes of at least 4 members (excludes halogenated alkanes) is 2. The van der Waals surface area contributed by atoms with Crippen molar-refractivity contribution >= 4 is 16.1 Å². The Balaban J connectivity index is 2.50. The molecule has 1 aliphatic heterocycles. The monoisotopic (exact) mass is 305 g/mol. The van der Waals surface area contributed by atoms with E-state index in [-0.39, 0.29) is 11.8 Å². The molecule has 6 nitrogen and oxygen atoms in total. The van der Waals surface area contributed by atoms with Gasteiger partial charge in [0.15, 0.2) is 0 Å². The lowest BCUT2D eigenvalue weighted by Crippen LogP contribution is -2.48. The molecule has 7 heteroatoms. The molecule has 0 aromatic heterocycles. The van der Waals surface area contributed by atoms with Crippen LogP contribution in [0.4, 0.5) is 0 Å². The lowest BCUT2D eigenvalue weighted by atomic mass is 9.99. The van der Waals surface area contributed by atoms with Crippen LogP contribution >= 0.6 is 0 Å². The van der Waals surface area contributed by atoms with Gasteiger partial charge in [-0.1, -0.05) is 19.8 Å². The quantitative estimate of drug-likeness (QED) is 0.708. The minimum Gasteiger partial charge on any atom is -0.356 e. The normalized spacial score (nSPS) is 21.1. The summed E-state index contributed by atoms with van der Waals surface area (Å²) in [6, 6.07) is 0. The van der Waals surface area contributed by atoms with Gasteiger partial charge in [-0.15, -0.1) is 0 Å². The number of piperidine rings is 1. The first-order valence-corrected chi connectivity index (χ1v) is 8.74. The summed E-state index contributed by atoms with van der Waals surface area (Å²) < 4.78 is 26.8. The third-order valence-electron chi connectivity index (χ3n) is 3.62. The summed E-state index contributed by atoms with van der Waals surface area (Å²) in [4.78, 5) is 12.1. The van der Waals surface area contributed by atoms with Gasteiger partial charge in [0.05, 0.1) is 5.92 Å². The van der Waals surface area contributed by atoms with E-state index in [0.29, 0.717) is 19.6 Å². The topological polar surface area (TPSA) is 69.7 Å². The first-order chi connectivity index (χ1) is 9.39. The molecule has 20 heavy (non-hydrogen) atoms. The van der Waals surface area contributed by atoms with Crippen molar-refractivity contribution in [2.24, 2.45) is 5.92 Å². The number of nitrogens with one attached hydrogen (secondary N) is 1. The van der Waals surface area contributed by atoms with E-state index in [1.54, 1.807) is 0 Å². The van der Waals surface area contributed by atoms with E-state index >= 15 is 0 Å². The SMILES string of the molecule is CCCCCNC(=O)[C@@H]1CCCN(S(=O)(=O)N(C)C)C1. The fourth-order valence-electron chi connectivity index (χ4n) is 2.33. The van der Waals surface area contributed by atoms with Gasteiger partial charge in [0.2, 0.25) is 5.91 Å². The molecule has 0 aromatic rings. The number of carbonyl (C=O) groups is 1. The van der Waals surface area contributed by atoms with Crippen LogP contribution in [0.1, 0.15) is 39.0 Å². The van der Waals surface area contributed by atoms with E-state index in [4.69, 9.17) is 0 Å². The Kier molecular flexibility index (Phi) is 6.91. The second-order valence-electron chi connectivity index (χ2n) is 5.49. The highest BCUT2D eigenvalue weighted by Crippen LogP contribution is 2.20. The van der Waals surface area contributed by atoms with E-state index in [1.165, 1.54) is 22.7 Å². The molecular weight excluding hydrogens is 278 g/mol. The Bertz CT molecular complexity index is 409. The van der Waals surface area contributed by atoms with Crippen molar-refractivity contribution in [3.05, 3.63) is 0 Å². The van der Waals surface area contributed by atoms with Gasteiger partial charge in [-0.3, -0.25) is 4.79 Å². The molecule has 0 radical (unpaired) electrons. The Hall–Kier alpha value is -0.660. The van der Waals surface area contributed by atoms with Crippen molar-refractivity contribution in [2.45, 2.75) is 39.0 Å². The second-order valence-corrected chi connectivity index (χ2v) is 7.63. The molecule has 1 fully saturated rings. The zero-order valence-corrected chi connectivity index (χ0v) is 13.6. The second kappa shape index (κ2) is 7.95. The van der Waals surface area contributed by atoms with Gasteiger partial charge in [-0.05, 0) is 19.3 Å². The summed E-state index contributed by atoms with van der Waals surface area (Å²) in [5.74, 6) is -0.236. The summed E-state index contributed by atoms with van der Waals surface area (Å²) >= 11 is 0. The van der Waals surface area contributed by atoms with Crippen molar-refractivity contribution in [3.8, 4) is 0 Å². The molecule has 0 saturated carbocycles. The average molecular weight is 305 g/mol. The molecule has 1 heterocycles. The molecular formula is C13H27N3O3S. The number of rotatable bonds is 7. The van der Waals surface area contributed by atoms with Crippen LogP contribution in [0.25, 0.3) is 0 Å². The number of nitrogens with zero attached hydrogens (tertiary/aromatic N) is 2. The van der Waals surface area contributed by atoms with Gasteiger partial charge in [0, 0.05) is 33.7 Å². The Morgan fingerprint density at radius 1 is 1.35 bits per heavy atom. The molecule has 1 atom stereocenters. The highest BCUT2D eigenvalue weighted by atomic mass is 32.2. The number of amides is 1. The maximum absolute atomic E-state index is 12.1. The van der Waals surface area contributed by atoms with Crippen LogP contribution in [0, 0.1) is 5.92 Å². The van der Waals surface area contributed by atoms with Gasteiger partial charge in [0.25, 0.3) is 10.2 Å². The lowest BCUT2D eigenvalue weighted by molar-refractivity contribution is -0.126. The maximum atomic E-state index is 12.1. The Morgan fingerprint density at radius 3 is 2.65 bits per heavy atom. The molecule has 0 bridgehead atoms. The average Bonchev–Trinajstić information content (AvgIpc) is 2.43. The van der Waals surface area contributed by atoms with E-state index in [0.717, 1.165) is 32.1 Å². The van der Waals surface area contributed by atoms with Crippen LogP contribution in [0.2, 0.25) is 0 Å². The Morgan fingerprint density at radius 2 is 2.05 bits per heavy atom. The van der Waals surface area contributed by atoms with Gasteiger partial charge in [0.1, 0.15) is 0 Å². The number of hydrogen-bond acceptors (Lipinski definition) is 3. The molecule has 0 aliphatic carbocycles. The Labute approximate surface area is 122 Å². The van der Waals surface area contributed by atoms with Crippen LogP contribution in [0.3, 0.4) is 0 Å². The summed E-state index contributed by atoms with van der Waals surface area (Å²) in [5, 5.41) is 2.91. The minimum atomic E-state index is -3.41. The van der Waals surface area contributed by atoms with E-state index in [9.17, 15) is 13.2 Å². The number of hydrogen-bond donors (Lipinski definition) is 1. The van der Waals surface area contributed by atoms with Crippen molar-refractivity contribution in [3.63, 3.8) is 0 Å². The van der Waals surface area contributed by atoms with Gasteiger partial charge >= 0.3 is 0 Å². The molecule has 1 rings (SSSR count). The first kappa shape index (κ1) is 17.4. The third-order valence-corrected chi connectivity index (χ3v) is 5.53. The largest absolute Gasteiger partial charge is 0.356 e. The van der Waals surface area contributed by atoms with Gasteiger partial charge in [-0.25, -0.2) is 0 Å². The highest BCUT2D eigenvalue weighted by molar-refractivity contribution is 7.86. The zero-order valence-electron chi connectivity index (χ0n) is 12.8. The van der Waals surface area contributed by atoms with Crippen LogP contribution in [0.15, 0.2) is 0 Å². The molecule has 0 aromatic carbocycles. The van der Waals surface area contributed by atoms with E-state index in [1.807, 2.05) is 0 Å². The molecule has 0 spiro atoms. The molecule has 1 amide bonds. The van der Waals surface area contributed by atoms with Crippen molar-refractivity contribution < 1.29 is 13.2 Å². The lowest BCUT2D eigenvalue weighted by Gasteiger charge is -2.32. The summed E-state index contributed by atoms with van der Waals surface area (Å²) in [6.45, 7) is 3.59. The molecule has 118 valence electrons. The van der Waals surface area contributed by atoms with E-state index < -0.39 is 10.2 Å². The third kappa shape index (κ3) is 4.71. The van der Waals surface area contributed by atoms with Gasteiger partial charge < -0.3 is 5.32 Å². The molecule has 1 saturated heterocycles. The predicted octanol–water partition coefficient (Wildman–Crippen LogP) is 0.811. The minimum absolute atomic E-state index is 0.0141. The van der Waals surface area contributed by atoms with Gasteiger partial charge in [-0.2, -0.15) is 17.0 Å². The van der Waals surface area contributed by atoms with Crippen LogP contribution in [0.5, 0.6) is 0 Å². The zero-order chi connectivity index (χ0) is 15.2.